The highest BCUT2D eigenvalue weighted by atomic mass is 14.0. The van der Waals surface area contributed by atoms with Gasteiger partial charge in [0.1, 0.15) is 0 Å². The van der Waals surface area contributed by atoms with E-state index in [0.29, 0.717) is 0 Å². The van der Waals surface area contributed by atoms with E-state index >= 15 is 0 Å². The molecule has 0 heterocycles. The van der Waals surface area contributed by atoms with Crippen molar-refractivity contribution in [2.75, 3.05) is 0 Å². The van der Waals surface area contributed by atoms with Crippen LogP contribution in [0.25, 0.3) is 12.2 Å². The fourth-order valence-corrected chi connectivity index (χ4v) is 2.88. The lowest BCUT2D eigenvalue weighted by molar-refractivity contribution is 1.59. The van der Waals surface area contributed by atoms with E-state index in [-0.39, 0.29) is 0 Å². The molecule has 0 aliphatic rings. The van der Waals surface area contributed by atoms with Gasteiger partial charge in [-0.3, -0.25) is 0 Å². The molecule has 30 heavy (non-hydrogen) atoms. The van der Waals surface area contributed by atoms with E-state index in [9.17, 15) is 0 Å². The van der Waals surface area contributed by atoms with Crippen LogP contribution >= 0.6 is 0 Å². The van der Waals surface area contributed by atoms with Crippen molar-refractivity contribution in [3.8, 4) is 23.7 Å². The Morgan fingerprint density at radius 1 is 0.333 bits per heavy atom. The van der Waals surface area contributed by atoms with Gasteiger partial charge in [-0.15, -0.1) is 0 Å². The normalized spacial score (nSPS) is 10.0. The van der Waals surface area contributed by atoms with E-state index in [1.807, 2.05) is 60.7 Å². The number of hydrogen-bond donors (Lipinski definition) is 0. The SMILES string of the molecule is C(#Cc1ccc(/C=C\c2ccc(C#Cc3ccccc3)cc2)cc1)c1ccccc1. The van der Waals surface area contributed by atoms with Gasteiger partial charge in [0, 0.05) is 22.3 Å². The molecule has 4 aromatic carbocycles. The van der Waals surface area contributed by atoms with Crippen molar-refractivity contribution in [3.63, 3.8) is 0 Å². The van der Waals surface area contributed by atoms with Crippen molar-refractivity contribution in [1.82, 2.24) is 0 Å². The van der Waals surface area contributed by atoms with Crippen LogP contribution in [0.4, 0.5) is 0 Å². The van der Waals surface area contributed by atoms with Crippen molar-refractivity contribution >= 4 is 12.2 Å². The molecule has 0 unspecified atom stereocenters. The van der Waals surface area contributed by atoms with Gasteiger partial charge in [0.05, 0.1) is 0 Å². The summed E-state index contributed by atoms with van der Waals surface area (Å²) in [6, 6.07) is 36.6. The summed E-state index contributed by atoms with van der Waals surface area (Å²) in [5.74, 6) is 12.8. The van der Waals surface area contributed by atoms with Crippen LogP contribution in [0.3, 0.4) is 0 Å². The van der Waals surface area contributed by atoms with E-state index in [1.54, 1.807) is 0 Å². The predicted octanol–water partition coefficient (Wildman–Crippen LogP) is 6.66. The molecule has 0 bridgehead atoms. The maximum atomic E-state index is 3.20. The second kappa shape index (κ2) is 9.79. The van der Waals surface area contributed by atoms with Gasteiger partial charge < -0.3 is 0 Å². The molecule has 0 saturated carbocycles. The van der Waals surface area contributed by atoms with Crippen LogP contribution in [-0.4, -0.2) is 0 Å². The zero-order valence-electron chi connectivity index (χ0n) is 16.5. The van der Waals surface area contributed by atoms with Gasteiger partial charge >= 0.3 is 0 Å². The van der Waals surface area contributed by atoms with Gasteiger partial charge in [-0.1, -0.05) is 96.5 Å². The summed E-state index contributed by atoms with van der Waals surface area (Å²) >= 11 is 0. The van der Waals surface area contributed by atoms with Crippen LogP contribution in [0.15, 0.2) is 109 Å². The molecule has 0 radical (unpaired) electrons. The largest absolute Gasteiger partial charge is 0.0622 e. The average molecular weight is 380 g/mol. The van der Waals surface area contributed by atoms with Gasteiger partial charge in [-0.05, 0) is 59.7 Å². The van der Waals surface area contributed by atoms with E-state index in [0.717, 1.165) is 33.4 Å². The van der Waals surface area contributed by atoms with Crippen LogP contribution < -0.4 is 0 Å². The monoisotopic (exact) mass is 380 g/mol. The Hall–Kier alpha value is -4.26. The van der Waals surface area contributed by atoms with Crippen LogP contribution in [0.5, 0.6) is 0 Å². The topological polar surface area (TPSA) is 0 Å². The molecule has 4 rings (SSSR count). The standard InChI is InChI=1S/C30H20/c1-3-7-25(8-4-1)11-13-27-15-19-29(20-16-27)23-24-30-21-17-28(18-22-30)14-12-26-9-5-2-6-10-26/h1-10,15-24H/b24-23-. The second-order valence-electron chi connectivity index (χ2n) is 6.81. The van der Waals surface area contributed by atoms with Crippen molar-refractivity contribution in [3.05, 3.63) is 143 Å². The maximum Gasteiger partial charge on any atom is 0.0249 e. The summed E-state index contributed by atoms with van der Waals surface area (Å²) < 4.78 is 0. The number of rotatable bonds is 2. The highest BCUT2D eigenvalue weighted by molar-refractivity contribution is 5.70. The van der Waals surface area contributed by atoms with Crippen LogP contribution in [0, 0.1) is 23.7 Å². The second-order valence-corrected chi connectivity index (χ2v) is 6.81. The Morgan fingerprint density at radius 3 is 0.967 bits per heavy atom. The van der Waals surface area contributed by atoms with Gasteiger partial charge in [0.15, 0.2) is 0 Å². The molecule has 0 aliphatic carbocycles. The molecule has 0 spiro atoms. The Labute approximate surface area is 178 Å². The molecule has 0 amide bonds. The van der Waals surface area contributed by atoms with E-state index in [1.165, 1.54) is 0 Å². The molecule has 0 atom stereocenters. The number of hydrogen-bond acceptors (Lipinski definition) is 0. The highest BCUT2D eigenvalue weighted by Gasteiger charge is 1.92. The quantitative estimate of drug-likeness (QED) is 0.269. The van der Waals surface area contributed by atoms with Crippen LogP contribution in [0.1, 0.15) is 33.4 Å². The average Bonchev–Trinajstić information content (AvgIpc) is 2.83. The summed E-state index contributed by atoms with van der Waals surface area (Å²) in [7, 11) is 0. The summed E-state index contributed by atoms with van der Waals surface area (Å²) in [5.41, 5.74) is 6.37. The van der Waals surface area contributed by atoms with E-state index in [2.05, 4.69) is 84.4 Å². The van der Waals surface area contributed by atoms with Gasteiger partial charge in [-0.2, -0.15) is 0 Å². The first-order valence-corrected chi connectivity index (χ1v) is 9.87. The lowest BCUT2D eigenvalue weighted by Crippen LogP contribution is -1.79. The molecular formula is C30H20. The molecule has 0 heteroatoms. The molecule has 140 valence electrons. The lowest BCUT2D eigenvalue weighted by atomic mass is 10.1. The minimum Gasteiger partial charge on any atom is -0.0622 e. The first-order chi connectivity index (χ1) is 14.8. The minimum atomic E-state index is 1.01. The van der Waals surface area contributed by atoms with Crippen molar-refractivity contribution < 1.29 is 0 Å². The lowest BCUT2D eigenvalue weighted by Gasteiger charge is -1.97. The number of benzene rings is 4. The fourth-order valence-electron chi connectivity index (χ4n) is 2.88. The Balaban J connectivity index is 1.39. The fraction of sp³-hybridized carbons (Fsp3) is 0. The summed E-state index contributed by atoms with van der Waals surface area (Å²) in [6.07, 6.45) is 4.22. The summed E-state index contributed by atoms with van der Waals surface area (Å²) in [4.78, 5) is 0. The first kappa shape index (κ1) is 19.1. The molecule has 0 saturated heterocycles. The maximum absolute atomic E-state index is 3.20. The highest BCUT2D eigenvalue weighted by Crippen LogP contribution is 2.11. The molecular weight excluding hydrogens is 360 g/mol. The third kappa shape index (κ3) is 5.62. The predicted molar refractivity (Wildman–Crippen MR) is 127 cm³/mol. The van der Waals surface area contributed by atoms with E-state index < -0.39 is 0 Å². The third-order valence-corrected chi connectivity index (χ3v) is 4.54. The van der Waals surface area contributed by atoms with Gasteiger partial charge in [0.25, 0.3) is 0 Å². The first-order valence-electron chi connectivity index (χ1n) is 9.87. The van der Waals surface area contributed by atoms with Gasteiger partial charge in [-0.25, -0.2) is 0 Å². The third-order valence-electron chi connectivity index (χ3n) is 4.54. The van der Waals surface area contributed by atoms with Gasteiger partial charge in [0.2, 0.25) is 0 Å². The van der Waals surface area contributed by atoms with Crippen LogP contribution in [0.2, 0.25) is 0 Å². The Morgan fingerprint density at radius 2 is 0.633 bits per heavy atom. The van der Waals surface area contributed by atoms with Crippen molar-refractivity contribution in [1.29, 1.82) is 0 Å². The molecule has 0 nitrogen and oxygen atoms in total. The molecule has 0 N–H and O–H groups in total. The Kier molecular flexibility index (Phi) is 6.22. The van der Waals surface area contributed by atoms with E-state index in [4.69, 9.17) is 0 Å². The van der Waals surface area contributed by atoms with Crippen molar-refractivity contribution in [2.45, 2.75) is 0 Å². The molecule has 0 aliphatic heterocycles. The minimum absolute atomic E-state index is 1.01. The Bertz CT molecular complexity index is 1130. The summed E-state index contributed by atoms with van der Waals surface area (Å²) in [5, 5.41) is 0. The van der Waals surface area contributed by atoms with Crippen molar-refractivity contribution in [2.24, 2.45) is 0 Å². The molecule has 0 aromatic heterocycles. The zero-order valence-corrected chi connectivity index (χ0v) is 16.5. The summed E-state index contributed by atoms with van der Waals surface area (Å²) in [6.45, 7) is 0. The zero-order chi connectivity index (χ0) is 20.4. The molecule has 0 fully saturated rings. The smallest absolute Gasteiger partial charge is 0.0249 e. The van der Waals surface area contributed by atoms with Crippen LogP contribution in [-0.2, 0) is 0 Å². The molecule has 4 aromatic rings.